The third-order valence-corrected chi connectivity index (χ3v) is 3.31. The summed E-state index contributed by atoms with van der Waals surface area (Å²) in [7, 11) is 0. The summed E-state index contributed by atoms with van der Waals surface area (Å²) >= 11 is 0. The molecule has 1 aromatic carbocycles. The molecule has 88 valence electrons. The lowest BCUT2D eigenvalue weighted by Gasteiger charge is -2.28. The Hall–Kier alpha value is -1.06. The summed E-state index contributed by atoms with van der Waals surface area (Å²) in [5.41, 5.74) is 3.24. The topological polar surface area (TPSA) is 35.5 Å². The van der Waals surface area contributed by atoms with E-state index < -0.39 is 0 Å². The molecular formula is C13H20N2O. The van der Waals surface area contributed by atoms with Gasteiger partial charge < -0.3 is 10.4 Å². The monoisotopic (exact) mass is 220 g/mol. The van der Waals surface area contributed by atoms with Gasteiger partial charge in [-0.15, -0.1) is 0 Å². The molecule has 0 aromatic heterocycles. The maximum atomic E-state index is 10.1. The number of aromatic hydroxyl groups is 1. The molecule has 2 rings (SSSR count). The highest BCUT2D eigenvalue weighted by Gasteiger charge is 2.14. The van der Waals surface area contributed by atoms with Crippen LogP contribution in [0.1, 0.15) is 16.7 Å². The van der Waals surface area contributed by atoms with E-state index in [2.05, 4.69) is 23.2 Å². The molecule has 1 saturated heterocycles. The first-order valence-corrected chi connectivity index (χ1v) is 5.89. The molecule has 0 aliphatic carbocycles. The fourth-order valence-electron chi connectivity index (χ4n) is 2.15. The Labute approximate surface area is 97.1 Å². The molecule has 1 heterocycles. The first kappa shape index (κ1) is 11.4. The summed E-state index contributed by atoms with van der Waals surface area (Å²) in [5.74, 6) is 0.471. The Balaban J connectivity index is 2.16. The molecule has 1 aromatic rings. The third-order valence-electron chi connectivity index (χ3n) is 3.31. The van der Waals surface area contributed by atoms with E-state index in [1.807, 2.05) is 13.0 Å². The molecule has 2 N–H and O–H groups in total. The summed E-state index contributed by atoms with van der Waals surface area (Å²) < 4.78 is 0. The van der Waals surface area contributed by atoms with Gasteiger partial charge in [0.25, 0.3) is 0 Å². The van der Waals surface area contributed by atoms with Crippen LogP contribution in [0.25, 0.3) is 0 Å². The van der Waals surface area contributed by atoms with Crippen LogP contribution in [0.15, 0.2) is 12.1 Å². The quantitative estimate of drug-likeness (QED) is 0.791. The van der Waals surface area contributed by atoms with Gasteiger partial charge in [0.05, 0.1) is 0 Å². The van der Waals surface area contributed by atoms with Gasteiger partial charge in [-0.05, 0) is 25.0 Å². The van der Waals surface area contributed by atoms with Crippen LogP contribution in [-0.4, -0.2) is 36.2 Å². The molecule has 3 heteroatoms. The predicted octanol–water partition coefficient (Wildman–Crippen LogP) is 1.41. The molecule has 0 spiro atoms. The van der Waals surface area contributed by atoms with E-state index >= 15 is 0 Å². The van der Waals surface area contributed by atoms with Crippen molar-refractivity contribution in [2.24, 2.45) is 0 Å². The van der Waals surface area contributed by atoms with E-state index in [0.717, 1.165) is 43.9 Å². The predicted molar refractivity (Wildman–Crippen MR) is 65.7 cm³/mol. The molecule has 0 radical (unpaired) electrons. The van der Waals surface area contributed by atoms with Gasteiger partial charge in [-0.3, -0.25) is 4.90 Å². The zero-order valence-electron chi connectivity index (χ0n) is 10.1. The highest BCUT2D eigenvalue weighted by atomic mass is 16.3. The van der Waals surface area contributed by atoms with Crippen LogP contribution in [0.2, 0.25) is 0 Å². The smallest absolute Gasteiger partial charge is 0.123 e. The molecule has 0 unspecified atom stereocenters. The zero-order chi connectivity index (χ0) is 11.5. The molecule has 1 aliphatic heterocycles. The Morgan fingerprint density at radius 2 is 1.81 bits per heavy atom. The van der Waals surface area contributed by atoms with E-state index in [-0.39, 0.29) is 0 Å². The molecule has 0 bridgehead atoms. The number of phenolic OH excluding ortho intramolecular Hbond substituents is 1. The van der Waals surface area contributed by atoms with Gasteiger partial charge in [0.2, 0.25) is 0 Å². The minimum Gasteiger partial charge on any atom is -0.507 e. The van der Waals surface area contributed by atoms with Crippen molar-refractivity contribution in [2.75, 3.05) is 26.2 Å². The largest absolute Gasteiger partial charge is 0.507 e. The van der Waals surface area contributed by atoms with E-state index in [4.69, 9.17) is 0 Å². The van der Waals surface area contributed by atoms with Crippen molar-refractivity contribution in [1.82, 2.24) is 10.2 Å². The molecule has 3 nitrogen and oxygen atoms in total. The van der Waals surface area contributed by atoms with Gasteiger partial charge in [-0.25, -0.2) is 0 Å². The minimum absolute atomic E-state index is 0.471. The fraction of sp³-hybridized carbons (Fsp3) is 0.538. The first-order valence-electron chi connectivity index (χ1n) is 5.89. The maximum Gasteiger partial charge on any atom is 0.123 e. The average Bonchev–Trinajstić information content (AvgIpc) is 2.31. The number of nitrogens with one attached hydrogen (secondary N) is 1. The molecule has 0 atom stereocenters. The van der Waals surface area contributed by atoms with Gasteiger partial charge in [-0.1, -0.05) is 12.1 Å². The molecule has 16 heavy (non-hydrogen) atoms. The Kier molecular flexibility index (Phi) is 3.46. The lowest BCUT2D eigenvalue weighted by molar-refractivity contribution is 0.230. The number of piperazine rings is 1. The highest BCUT2D eigenvalue weighted by Crippen LogP contribution is 2.26. The third kappa shape index (κ3) is 2.36. The number of aryl methyl sites for hydroxylation is 2. The van der Waals surface area contributed by atoms with Crippen LogP contribution in [0, 0.1) is 13.8 Å². The van der Waals surface area contributed by atoms with Gasteiger partial charge >= 0.3 is 0 Å². The van der Waals surface area contributed by atoms with E-state index in [0.29, 0.717) is 5.75 Å². The lowest BCUT2D eigenvalue weighted by Crippen LogP contribution is -2.43. The molecular weight excluding hydrogens is 200 g/mol. The van der Waals surface area contributed by atoms with Crippen molar-refractivity contribution in [3.8, 4) is 5.75 Å². The first-order chi connectivity index (χ1) is 7.68. The summed E-state index contributed by atoms with van der Waals surface area (Å²) in [6.45, 7) is 9.10. The Bertz CT molecular complexity index is 370. The summed E-state index contributed by atoms with van der Waals surface area (Å²) in [6, 6.07) is 4.07. The Morgan fingerprint density at radius 3 is 2.50 bits per heavy atom. The number of rotatable bonds is 2. The summed E-state index contributed by atoms with van der Waals surface area (Å²) in [4.78, 5) is 2.39. The molecule has 0 amide bonds. The van der Waals surface area contributed by atoms with Crippen LogP contribution in [0.4, 0.5) is 0 Å². The second kappa shape index (κ2) is 4.85. The number of nitrogens with zero attached hydrogens (tertiary/aromatic N) is 1. The minimum atomic E-state index is 0.471. The zero-order valence-corrected chi connectivity index (χ0v) is 10.1. The van der Waals surface area contributed by atoms with Gasteiger partial charge in [0.1, 0.15) is 5.75 Å². The van der Waals surface area contributed by atoms with Gasteiger partial charge in [0.15, 0.2) is 0 Å². The molecule has 1 fully saturated rings. The van der Waals surface area contributed by atoms with Gasteiger partial charge in [0, 0.05) is 38.3 Å². The SMILES string of the molecule is Cc1ccc(C)c(CN2CCNCC2)c1O. The number of hydrogen-bond acceptors (Lipinski definition) is 3. The van der Waals surface area contributed by atoms with Crippen LogP contribution < -0.4 is 5.32 Å². The van der Waals surface area contributed by atoms with Crippen molar-refractivity contribution in [1.29, 1.82) is 0 Å². The van der Waals surface area contributed by atoms with Crippen LogP contribution in [0.3, 0.4) is 0 Å². The van der Waals surface area contributed by atoms with E-state index in [9.17, 15) is 5.11 Å². The molecule has 1 aliphatic rings. The van der Waals surface area contributed by atoms with Crippen molar-refractivity contribution in [3.63, 3.8) is 0 Å². The maximum absolute atomic E-state index is 10.1. The summed E-state index contributed by atoms with van der Waals surface area (Å²) in [6.07, 6.45) is 0. The molecule has 0 saturated carbocycles. The highest BCUT2D eigenvalue weighted by molar-refractivity contribution is 5.44. The second-order valence-corrected chi connectivity index (χ2v) is 4.55. The van der Waals surface area contributed by atoms with Crippen LogP contribution >= 0.6 is 0 Å². The average molecular weight is 220 g/mol. The van der Waals surface area contributed by atoms with Crippen LogP contribution in [-0.2, 0) is 6.54 Å². The van der Waals surface area contributed by atoms with Crippen molar-refractivity contribution >= 4 is 0 Å². The van der Waals surface area contributed by atoms with E-state index in [1.54, 1.807) is 0 Å². The van der Waals surface area contributed by atoms with Gasteiger partial charge in [-0.2, -0.15) is 0 Å². The van der Waals surface area contributed by atoms with Crippen molar-refractivity contribution in [3.05, 3.63) is 28.8 Å². The standard InChI is InChI=1S/C13H20N2O/c1-10-3-4-11(2)13(16)12(10)9-15-7-5-14-6-8-15/h3-4,14,16H,5-9H2,1-2H3. The fourth-order valence-corrected chi connectivity index (χ4v) is 2.15. The van der Waals surface area contributed by atoms with Crippen molar-refractivity contribution in [2.45, 2.75) is 20.4 Å². The lowest BCUT2D eigenvalue weighted by atomic mass is 10.0. The second-order valence-electron chi connectivity index (χ2n) is 4.55. The summed E-state index contributed by atoms with van der Waals surface area (Å²) in [5, 5.41) is 13.4. The normalized spacial score (nSPS) is 17.6. The Morgan fingerprint density at radius 1 is 1.19 bits per heavy atom. The van der Waals surface area contributed by atoms with Crippen molar-refractivity contribution < 1.29 is 5.11 Å². The van der Waals surface area contributed by atoms with Crippen LogP contribution in [0.5, 0.6) is 5.75 Å². The van der Waals surface area contributed by atoms with E-state index in [1.165, 1.54) is 5.56 Å². The number of hydrogen-bond donors (Lipinski definition) is 2. The number of phenols is 1. The number of benzene rings is 1.